The minimum Gasteiger partial charge on any atom is -0.387 e. The molecule has 3 fully saturated rings. The third kappa shape index (κ3) is 3.42. The van der Waals surface area contributed by atoms with Crippen LogP contribution in [0.5, 0.6) is 0 Å². The largest absolute Gasteiger partial charge is 0.387 e. The Hall–Kier alpha value is -1.18. The molecule has 0 amide bonds. The first-order chi connectivity index (χ1) is 10.6. The fourth-order valence-electron chi connectivity index (χ4n) is 2.86. The second-order valence-electron chi connectivity index (χ2n) is 5.83. The maximum Gasteiger partial charge on any atom is 0.186 e. The molecule has 0 radical (unpaired) electrons. The summed E-state index contributed by atoms with van der Waals surface area (Å²) in [6.45, 7) is 3.42. The van der Waals surface area contributed by atoms with Crippen molar-refractivity contribution in [3.8, 4) is 0 Å². The van der Waals surface area contributed by atoms with Crippen molar-refractivity contribution in [3.05, 3.63) is 29.8 Å². The topological polar surface area (TPSA) is 80.2 Å². The minimum atomic E-state index is -1.08. The molecule has 2 bridgehead atoms. The molecule has 3 N–H and O–H groups in total. The fourth-order valence-corrected chi connectivity index (χ4v) is 2.86. The van der Waals surface area contributed by atoms with E-state index in [2.05, 4.69) is 5.32 Å². The van der Waals surface area contributed by atoms with Crippen LogP contribution in [0.1, 0.15) is 12.0 Å². The first-order valence-electron chi connectivity index (χ1n) is 7.70. The van der Waals surface area contributed by atoms with Crippen LogP contribution >= 0.6 is 0 Å². The van der Waals surface area contributed by atoms with Crippen LogP contribution in [0.15, 0.2) is 24.3 Å². The van der Waals surface area contributed by atoms with Gasteiger partial charge in [0.05, 0.1) is 6.61 Å². The zero-order valence-electron chi connectivity index (χ0n) is 12.6. The Bertz CT molecular complexity index is 495. The fraction of sp³-hybridized carbons (Fsp3) is 0.625. The molecular formula is C16H23NO5. The van der Waals surface area contributed by atoms with E-state index in [1.807, 2.05) is 31.2 Å². The molecule has 1 aromatic carbocycles. The minimum absolute atomic E-state index is 0.387. The van der Waals surface area contributed by atoms with E-state index in [-0.39, 0.29) is 6.10 Å². The molecule has 22 heavy (non-hydrogen) atoms. The Kier molecular flexibility index (Phi) is 4.95. The summed E-state index contributed by atoms with van der Waals surface area (Å²) < 4.78 is 17.0. The van der Waals surface area contributed by atoms with Gasteiger partial charge in [0, 0.05) is 18.8 Å². The lowest BCUT2D eigenvalue weighted by atomic mass is 9.98. The molecule has 0 aromatic heterocycles. The number of ether oxygens (including phenoxy) is 3. The van der Waals surface area contributed by atoms with Crippen LogP contribution in [0.4, 0.5) is 5.69 Å². The number of nitrogens with one attached hydrogen (secondary N) is 1. The summed E-state index contributed by atoms with van der Waals surface area (Å²) in [6.07, 6.45) is -3.14. The summed E-state index contributed by atoms with van der Waals surface area (Å²) >= 11 is 0. The van der Waals surface area contributed by atoms with Crippen LogP contribution in [0.2, 0.25) is 0 Å². The van der Waals surface area contributed by atoms with E-state index in [9.17, 15) is 10.2 Å². The van der Waals surface area contributed by atoms with Crippen molar-refractivity contribution in [2.24, 2.45) is 0 Å². The molecule has 6 heteroatoms. The first kappa shape index (κ1) is 15.7. The van der Waals surface area contributed by atoms with Gasteiger partial charge < -0.3 is 29.7 Å². The number of hydrogen-bond donors (Lipinski definition) is 3. The Morgan fingerprint density at radius 1 is 1.18 bits per heavy atom. The van der Waals surface area contributed by atoms with Gasteiger partial charge in [-0.15, -0.1) is 0 Å². The molecule has 0 spiro atoms. The SMILES string of the molecule is Cc1cccc(NCC2OC3OCCCOC2C(O)C3O)c1. The van der Waals surface area contributed by atoms with Crippen LogP contribution in [0, 0.1) is 6.92 Å². The maximum absolute atomic E-state index is 10.2. The van der Waals surface area contributed by atoms with Crippen molar-refractivity contribution in [1.29, 1.82) is 0 Å². The first-order valence-corrected chi connectivity index (χ1v) is 7.70. The van der Waals surface area contributed by atoms with E-state index in [4.69, 9.17) is 14.2 Å². The van der Waals surface area contributed by atoms with Crippen LogP contribution in [0.3, 0.4) is 0 Å². The van der Waals surface area contributed by atoms with E-state index >= 15 is 0 Å². The number of hydrogen-bond acceptors (Lipinski definition) is 6. The summed E-state index contributed by atoms with van der Waals surface area (Å²) in [5.41, 5.74) is 2.15. The molecule has 3 saturated heterocycles. The monoisotopic (exact) mass is 309 g/mol. The zero-order valence-corrected chi connectivity index (χ0v) is 12.6. The van der Waals surface area contributed by atoms with E-state index < -0.39 is 24.6 Å². The van der Waals surface area contributed by atoms with Crippen molar-refractivity contribution in [2.45, 2.75) is 44.1 Å². The maximum atomic E-state index is 10.2. The van der Waals surface area contributed by atoms with Gasteiger partial charge in [-0.25, -0.2) is 0 Å². The van der Waals surface area contributed by atoms with E-state index in [0.29, 0.717) is 26.2 Å². The van der Waals surface area contributed by atoms with Crippen molar-refractivity contribution >= 4 is 5.69 Å². The van der Waals surface area contributed by atoms with Gasteiger partial charge in [-0.1, -0.05) is 12.1 Å². The molecular weight excluding hydrogens is 286 g/mol. The van der Waals surface area contributed by atoms with E-state index in [1.54, 1.807) is 0 Å². The average Bonchev–Trinajstić information content (AvgIpc) is 2.64. The number of rotatable bonds is 3. The van der Waals surface area contributed by atoms with Crippen molar-refractivity contribution < 1.29 is 24.4 Å². The number of anilines is 1. The van der Waals surface area contributed by atoms with E-state index in [0.717, 1.165) is 11.3 Å². The smallest absolute Gasteiger partial charge is 0.186 e. The molecule has 5 unspecified atom stereocenters. The van der Waals surface area contributed by atoms with Crippen LogP contribution < -0.4 is 5.32 Å². The highest BCUT2D eigenvalue weighted by Gasteiger charge is 2.46. The van der Waals surface area contributed by atoms with Gasteiger partial charge in [0.1, 0.15) is 24.4 Å². The third-order valence-corrected chi connectivity index (χ3v) is 4.05. The normalized spacial score (nSPS) is 35.5. The van der Waals surface area contributed by atoms with Crippen molar-refractivity contribution in [1.82, 2.24) is 0 Å². The van der Waals surface area contributed by atoms with Gasteiger partial charge in [-0.2, -0.15) is 0 Å². The van der Waals surface area contributed by atoms with Gasteiger partial charge in [0.2, 0.25) is 0 Å². The Morgan fingerprint density at radius 3 is 2.82 bits per heavy atom. The highest BCUT2D eigenvalue weighted by Crippen LogP contribution is 2.26. The lowest BCUT2D eigenvalue weighted by Gasteiger charge is -2.41. The molecule has 1 aromatic rings. The number of aryl methyl sites for hydroxylation is 1. The molecule has 4 rings (SSSR count). The van der Waals surface area contributed by atoms with Crippen molar-refractivity contribution in [2.75, 3.05) is 25.1 Å². The average molecular weight is 309 g/mol. The van der Waals surface area contributed by atoms with Crippen LogP contribution in [0.25, 0.3) is 0 Å². The quantitative estimate of drug-likeness (QED) is 0.761. The van der Waals surface area contributed by atoms with Gasteiger partial charge in [0.25, 0.3) is 0 Å². The summed E-state index contributed by atoms with van der Waals surface area (Å²) in [5, 5.41) is 23.6. The van der Waals surface area contributed by atoms with Gasteiger partial charge in [-0.3, -0.25) is 0 Å². The summed E-state index contributed by atoms with van der Waals surface area (Å²) in [4.78, 5) is 0. The number of aliphatic hydroxyl groups is 2. The zero-order chi connectivity index (χ0) is 15.5. The van der Waals surface area contributed by atoms with Gasteiger partial charge in [-0.05, 0) is 31.0 Å². The standard InChI is InChI=1S/C16H23NO5/c1-10-4-2-5-11(8-10)17-9-12-15-13(18)14(19)16(22-12)21-7-3-6-20-15/h2,4-5,8,12-19H,3,6-7,9H2,1H3. The van der Waals surface area contributed by atoms with E-state index in [1.165, 1.54) is 0 Å². The lowest BCUT2D eigenvalue weighted by molar-refractivity contribution is -0.291. The highest BCUT2D eigenvalue weighted by atomic mass is 16.7. The summed E-state index contributed by atoms with van der Waals surface area (Å²) in [7, 11) is 0. The Balaban J connectivity index is 1.69. The van der Waals surface area contributed by atoms with Crippen LogP contribution in [-0.2, 0) is 14.2 Å². The Labute approximate surface area is 130 Å². The van der Waals surface area contributed by atoms with Crippen molar-refractivity contribution in [3.63, 3.8) is 0 Å². The molecule has 0 aliphatic carbocycles. The lowest BCUT2D eigenvalue weighted by Crippen LogP contribution is -2.60. The molecule has 5 atom stereocenters. The predicted octanol–water partition coefficient (Wildman–Crippen LogP) is 0.659. The highest BCUT2D eigenvalue weighted by molar-refractivity contribution is 5.45. The number of fused-ring (bicyclic) bond motifs is 6. The molecule has 3 aliphatic heterocycles. The summed E-state index contributed by atoms with van der Waals surface area (Å²) in [5.74, 6) is 0. The second kappa shape index (κ2) is 6.93. The predicted molar refractivity (Wildman–Crippen MR) is 80.7 cm³/mol. The van der Waals surface area contributed by atoms with Crippen LogP contribution in [-0.4, -0.2) is 60.7 Å². The number of aliphatic hydroxyl groups excluding tert-OH is 2. The summed E-state index contributed by atoms with van der Waals surface area (Å²) in [6, 6.07) is 8.02. The second-order valence-corrected chi connectivity index (χ2v) is 5.83. The molecule has 3 aliphatic rings. The van der Waals surface area contributed by atoms with Gasteiger partial charge in [0.15, 0.2) is 6.29 Å². The molecule has 3 heterocycles. The number of benzene rings is 1. The Morgan fingerprint density at radius 2 is 2.00 bits per heavy atom. The molecule has 0 saturated carbocycles. The van der Waals surface area contributed by atoms with Gasteiger partial charge >= 0.3 is 0 Å². The molecule has 6 nitrogen and oxygen atoms in total. The third-order valence-electron chi connectivity index (χ3n) is 4.05. The molecule has 122 valence electrons.